The van der Waals surface area contributed by atoms with Gasteiger partial charge >= 0.3 is 0 Å². The van der Waals surface area contributed by atoms with Gasteiger partial charge in [-0.25, -0.2) is 13.2 Å². The third-order valence-corrected chi connectivity index (χ3v) is 2.55. The van der Waals surface area contributed by atoms with Crippen LogP contribution in [0.5, 0.6) is 0 Å². The quantitative estimate of drug-likeness (QED) is 0.865. The highest BCUT2D eigenvalue weighted by Gasteiger charge is 2.09. The minimum absolute atomic E-state index is 0.0685. The molecule has 1 heterocycles. The van der Waals surface area contributed by atoms with Crippen LogP contribution in [0.2, 0.25) is 0 Å². The number of hydrogen-bond donors (Lipinski definition) is 1. The van der Waals surface area contributed by atoms with E-state index >= 15 is 0 Å². The van der Waals surface area contributed by atoms with E-state index in [1.807, 2.05) is 6.92 Å². The molecule has 19 heavy (non-hydrogen) atoms. The maximum Gasteiger partial charge on any atom is 0.161 e. The van der Waals surface area contributed by atoms with Crippen molar-refractivity contribution in [2.75, 3.05) is 0 Å². The van der Waals surface area contributed by atoms with Crippen LogP contribution in [-0.2, 0) is 13.1 Å². The lowest BCUT2D eigenvalue weighted by Gasteiger charge is -2.06. The molecular formula is C13H12F3N3. The van der Waals surface area contributed by atoms with Gasteiger partial charge in [-0.3, -0.25) is 9.97 Å². The number of nitrogens with one attached hydrogen (secondary N) is 1. The molecule has 0 saturated carbocycles. The fraction of sp³-hybridized carbons (Fsp3) is 0.231. The second kappa shape index (κ2) is 5.79. The van der Waals surface area contributed by atoms with E-state index in [1.54, 1.807) is 12.4 Å². The molecule has 0 fully saturated rings. The van der Waals surface area contributed by atoms with Gasteiger partial charge in [-0.15, -0.1) is 0 Å². The summed E-state index contributed by atoms with van der Waals surface area (Å²) in [7, 11) is 0. The summed E-state index contributed by atoms with van der Waals surface area (Å²) in [4.78, 5) is 8.17. The maximum absolute atomic E-state index is 13.3. The van der Waals surface area contributed by atoms with Gasteiger partial charge < -0.3 is 5.32 Å². The van der Waals surface area contributed by atoms with Gasteiger partial charge in [0.2, 0.25) is 0 Å². The summed E-state index contributed by atoms with van der Waals surface area (Å²) in [5.74, 6) is -3.03. The lowest BCUT2D eigenvalue weighted by atomic mass is 10.2. The summed E-state index contributed by atoms with van der Waals surface area (Å²) in [6.45, 7) is 2.27. The summed E-state index contributed by atoms with van der Waals surface area (Å²) in [6.07, 6.45) is 3.22. The third-order valence-electron chi connectivity index (χ3n) is 2.55. The molecule has 0 atom stereocenters. The number of aromatic nitrogens is 2. The van der Waals surface area contributed by atoms with Crippen molar-refractivity contribution in [3.05, 3.63) is 58.9 Å². The fourth-order valence-corrected chi connectivity index (χ4v) is 1.54. The molecular weight excluding hydrogens is 255 g/mol. The minimum atomic E-state index is -1.19. The van der Waals surface area contributed by atoms with Crippen molar-refractivity contribution in [2.45, 2.75) is 20.0 Å². The maximum atomic E-state index is 13.3. The Morgan fingerprint density at radius 1 is 0.947 bits per heavy atom. The minimum Gasteiger partial charge on any atom is -0.307 e. The van der Waals surface area contributed by atoms with Crippen molar-refractivity contribution in [3.8, 4) is 0 Å². The van der Waals surface area contributed by atoms with Crippen LogP contribution in [-0.4, -0.2) is 9.97 Å². The molecule has 1 aromatic heterocycles. The van der Waals surface area contributed by atoms with Gasteiger partial charge in [0.1, 0.15) is 5.82 Å². The van der Waals surface area contributed by atoms with Gasteiger partial charge in [0.25, 0.3) is 0 Å². The summed E-state index contributed by atoms with van der Waals surface area (Å²) >= 11 is 0. The molecule has 0 aliphatic heterocycles. The summed E-state index contributed by atoms with van der Waals surface area (Å²) in [6, 6.07) is 1.39. The molecule has 2 aromatic rings. The van der Waals surface area contributed by atoms with Crippen LogP contribution >= 0.6 is 0 Å². The first-order valence-electron chi connectivity index (χ1n) is 5.68. The second-order valence-corrected chi connectivity index (χ2v) is 4.11. The van der Waals surface area contributed by atoms with Gasteiger partial charge in [-0.05, 0) is 13.0 Å². The molecule has 1 aromatic carbocycles. The summed E-state index contributed by atoms with van der Waals surface area (Å²) in [5, 5.41) is 2.89. The Bertz CT molecular complexity index is 570. The molecule has 0 bridgehead atoms. The molecule has 0 saturated heterocycles. The zero-order valence-corrected chi connectivity index (χ0v) is 10.3. The Morgan fingerprint density at radius 3 is 2.37 bits per heavy atom. The molecule has 2 rings (SSSR count). The SMILES string of the molecule is Cc1cnc(CNCc2cc(F)c(F)cc2F)cn1. The van der Waals surface area contributed by atoms with Crippen LogP contribution in [0.3, 0.4) is 0 Å². The van der Waals surface area contributed by atoms with E-state index in [0.29, 0.717) is 18.3 Å². The highest BCUT2D eigenvalue weighted by molar-refractivity contribution is 5.20. The molecule has 100 valence electrons. The van der Waals surface area contributed by atoms with Crippen LogP contribution < -0.4 is 5.32 Å². The van der Waals surface area contributed by atoms with E-state index in [0.717, 1.165) is 11.8 Å². The Morgan fingerprint density at radius 2 is 1.68 bits per heavy atom. The number of hydrogen-bond acceptors (Lipinski definition) is 3. The molecule has 0 radical (unpaired) electrons. The normalized spacial score (nSPS) is 10.7. The van der Waals surface area contributed by atoms with Gasteiger partial charge in [0.05, 0.1) is 11.4 Å². The Labute approximate surface area is 108 Å². The molecule has 0 amide bonds. The van der Waals surface area contributed by atoms with Crippen LogP contribution in [0, 0.1) is 24.4 Å². The van der Waals surface area contributed by atoms with Crippen molar-refractivity contribution in [2.24, 2.45) is 0 Å². The highest BCUT2D eigenvalue weighted by Crippen LogP contribution is 2.13. The summed E-state index contributed by atoms with van der Waals surface area (Å²) in [5.41, 5.74) is 1.56. The van der Waals surface area contributed by atoms with Crippen molar-refractivity contribution in [3.63, 3.8) is 0 Å². The van der Waals surface area contributed by atoms with Crippen LogP contribution in [0.15, 0.2) is 24.5 Å². The van der Waals surface area contributed by atoms with E-state index in [9.17, 15) is 13.2 Å². The fourth-order valence-electron chi connectivity index (χ4n) is 1.54. The van der Waals surface area contributed by atoms with Crippen molar-refractivity contribution in [1.82, 2.24) is 15.3 Å². The zero-order chi connectivity index (χ0) is 13.8. The van der Waals surface area contributed by atoms with Gasteiger partial charge in [0.15, 0.2) is 11.6 Å². The first-order chi connectivity index (χ1) is 9.06. The molecule has 0 unspecified atom stereocenters. The van der Waals surface area contributed by atoms with E-state index in [1.165, 1.54) is 0 Å². The predicted octanol–water partition coefficient (Wildman–Crippen LogP) is 2.49. The van der Waals surface area contributed by atoms with Crippen molar-refractivity contribution in [1.29, 1.82) is 0 Å². The largest absolute Gasteiger partial charge is 0.307 e. The number of halogens is 3. The van der Waals surface area contributed by atoms with Gasteiger partial charge in [-0.2, -0.15) is 0 Å². The second-order valence-electron chi connectivity index (χ2n) is 4.11. The van der Waals surface area contributed by atoms with E-state index < -0.39 is 17.5 Å². The number of aryl methyl sites for hydroxylation is 1. The number of nitrogens with zero attached hydrogens (tertiary/aromatic N) is 2. The van der Waals surface area contributed by atoms with Gasteiger partial charge in [-0.1, -0.05) is 0 Å². The van der Waals surface area contributed by atoms with E-state index in [2.05, 4.69) is 15.3 Å². The molecule has 0 aliphatic rings. The lowest BCUT2D eigenvalue weighted by Crippen LogP contribution is -2.15. The standard InChI is InChI=1S/C13H12F3N3/c1-8-4-19-10(7-18-8)6-17-5-9-2-12(15)13(16)3-11(9)14/h2-4,7,17H,5-6H2,1H3. The average molecular weight is 267 g/mol. The first kappa shape index (κ1) is 13.5. The first-order valence-corrected chi connectivity index (χ1v) is 5.68. The Balaban J connectivity index is 1.96. The lowest BCUT2D eigenvalue weighted by molar-refractivity contribution is 0.486. The Kier molecular flexibility index (Phi) is 4.11. The smallest absolute Gasteiger partial charge is 0.161 e. The van der Waals surface area contributed by atoms with Crippen LogP contribution in [0.25, 0.3) is 0 Å². The summed E-state index contributed by atoms with van der Waals surface area (Å²) < 4.78 is 39.0. The van der Waals surface area contributed by atoms with Crippen LogP contribution in [0.4, 0.5) is 13.2 Å². The van der Waals surface area contributed by atoms with Gasteiger partial charge in [0, 0.05) is 37.1 Å². The van der Waals surface area contributed by atoms with E-state index in [-0.39, 0.29) is 12.1 Å². The van der Waals surface area contributed by atoms with Crippen LogP contribution in [0.1, 0.15) is 17.0 Å². The zero-order valence-electron chi connectivity index (χ0n) is 10.3. The third kappa shape index (κ3) is 3.51. The van der Waals surface area contributed by atoms with Crippen molar-refractivity contribution >= 4 is 0 Å². The predicted molar refractivity (Wildman–Crippen MR) is 63.6 cm³/mol. The van der Waals surface area contributed by atoms with Crippen molar-refractivity contribution < 1.29 is 13.2 Å². The molecule has 6 heteroatoms. The number of rotatable bonds is 4. The molecule has 3 nitrogen and oxygen atoms in total. The number of benzene rings is 1. The van der Waals surface area contributed by atoms with E-state index in [4.69, 9.17) is 0 Å². The topological polar surface area (TPSA) is 37.8 Å². The average Bonchev–Trinajstić information content (AvgIpc) is 2.38. The molecule has 0 spiro atoms. The highest BCUT2D eigenvalue weighted by atomic mass is 19.2. The molecule has 1 N–H and O–H groups in total. The monoisotopic (exact) mass is 267 g/mol. The Hall–Kier alpha value is -1.95. The molecule has 0 aliphatic carbocycles.